The topological polar surface area (TPSA) is 68.7 Å². The summed E-state index contributed by atoms with van der Waals surface area (Å²) in [6.07, 6.45) is 1.34. The molecule has 0 aliphatic heterocycles. The second-order valence-corrected chi connectivity index (χ2v) is 4.60. The summed E-state index contributed by atoms with van der Waals surface area (Å²) in [7, 11) is 1.36. The average molecular weight is 342 g/mol. The zero-order valence-corrected chi connectivity index (χ0v) is 11.8. The molecule has 1 aromatic carbocycles. The summed E-state index contributed by atoms with van der Waals surface area (Å²) in [5.74, 6) is -2.19. The SMILES string of the molecule is COc1cccc(C(=O)O)c1Oc1ncc(Br)cc1F. The lowest BCUT2D eigenvalue weighted by molar-refractivity contribution is 0.0693. The Balaban J connectivity index is 2.49. The maximum Gasteiger partial charge on any atom is 0.339 e. The largest absolute Gasteiger partial charge is 0.493 e. The van der Waals surface area contributed by atoms with Gasteiger partial charge in [-0.3, -0.25) is 0 Å². The van der Waals surface area contributed by atoms with Gasteiger partial charge >= 0.3 is 5.97 Å². The molecule has 1 N–H and O–H groups in total. The van der Waals surface area contributed by atoms with Gasteiger partial charge in [0.15, 0.2) is 17.3 Å². The molecule has 2 aromatic rings. The molecule has 0 saturated carbocycles. The molecule has 0 fully saturated rings. The molecule has 104 valence electrons. The summed E-state index contributed by atoms with van der Waals surface area (Å²) in [6, 6.07) is 5.51. The summed E-state index contributed by atoms with van der Waals surface area (Å²) >= 11 is 3.07. The smallest absolute Gasteiger partial charge is 0.339 e. The minimum Gasteiger partial charge on any atom is -0.493 e. The number of methoxy groups -OCH3 is 1. The highest BCUT2D eigenvalue weighted by molar-refractivity contribution is 9.10. The van der Waals surface area contributed by atoms with Crippen LogP contribution in [0, 0.1) is 5.82 Å². The molecule has 7 heteroatoms. The van der Waals surface area contributed by atoms with Crippen molar-refractivity contribution in [3.05, 3.63) is 46.3 Å². The number of hydrogen-bond acceptors (Lipinski definition) is 4. The molecule has 0 bridgehead atoms. The van der Waals surface area contributed by atoms with Crippen molar-refractivity contribution in [2.45, 2.75) is 0 Å². The zero-order valence-electron chi connectivity index (χ0n) is 10.3. The molecule has 0 amide bonds. The first kappa shape index (κ1) is 14.3. The summed E-state index contributed by atoms with van der Waals surface area (Å²) in [5.41, 5.74) is -0.145. The van der Waals surface area contributed by atoms with Gasteiger partial charge in [-0.1, -0.05) is 6.07 Å². The maximum atomic E-state index is 13.7. The number of pyridine rings is 1. The number of carbonyl (C=O) groups is 1. The monoisotopic (exact) mass is 341 g/mol. The number of carboxylic acids is 1. The number of halogens is 2. The van der Waals surface area contributed by atoms with E-state index in [-0.39, 0.29) is 22.9 Å². The maximum absolute atomic E-state index is 13.7. The molecular weight excluding hydrogens is 333 g/mol. The minimum absolute atomic E-state index is 0.101. The fourth-order valence-corrected chi connectivity index (χ4v) is 1.83. The Morgan fingerprint density at radius 1 is 1.45 bits per heavy atom. The quantitative estimate of drug-likeness (QED) is 0.921. The number of aromatic nitrogens is 1. The van der Waals surface area contributed by atoms with Crippen LogP contribution < -0.4 is 9.47 Å². The molecule has 5 nitrogen and oxygen atoms in total. The van der Waals surface area contributed by atoms with E-state index in [9.17, 15) is 9.18 Å². The Kier molecular flexibility index (Phi) is 4.19. The van der Waals surface area contributed by atoms with E-state index in [1.54, 1.807) is 0 Å². The summed E-state index contributed by atoms with van der Waals surface area (Å²) in [5, 5.41) is 9.12. The van der Waals surface area contributed by atoms with Crippen molar-refractivity contribution in [2.75, 3.05) is 7.11 Å². The lowest BCUT2D eigenvalue weighted by atomic mass is 10.2. The third-order valence-corrected chi connectivity index (χ3v) is 2.84. The molecular formula is C13H9BrFNO4. The van der Waals surface area contributed by atoms with Crippen molar-refractivity contribution in [2.24, 2.45) is 0 Å². The van der Waals surface area contributed by atoms with Crippen molar-refractivity contribution in [3.63, 3.8) is 0 Å². The number of nitrogens with zero attached hydrogens (tertiary/aromatic N) is 1. The Morgan fingerprint density at radius 3 is 2.80 bits per heavy atom. The van der Waals surface area contributed by atoms with Crippen molar-refractivity contribution in [1.82, 2.24) is 4.98 Å². The molecule has 0 aliphatic carbocycles. The van der Waals surface area contributed by atoms with Crippen LogP contribution in [0.1, 0.15) is 10.4 Å². The summed E-state index contributed by atoms with van der Waals surface area (Å²) < 4.78 is 24.4. The predicted octanol–water partition coefficient (Wildman–Crippen LogP) is 3.48. The Morgan fingerprint density at radius 2 is 2.20 bits per heavy atom. The first-order chi connectivity index (χ1) is 9.52. The molecule has 0 aliphatic rings. The van der Waals surface area contributed by atoms with Gasteiger partial charge in [-0.05, 0) is 34.1 Å². The fraction of sp³-hybridized carbons (Fsp3) is 0.0769. The van der Waals surface area contributed by atoms with Gasteiger partial charge in [-0.15, -0.1) is 0 Å². The van der Waals surface area contributed by atoms with Crippen molar-refractivity contribution >= 4 is 21.9 Å². The molecule has 20 heavy (non-hydrogen) atoms. The van der Waals surface area contributed by atoms with Gasteiger partial charge in [-0.2, -0.15) is 0 Å². The van der Waals surface area contributed by atoms with Crippen LogP contribution in [0.3, 0.4) is 0 Å². The van der Waals surface area contributed by atoms with Crippen molar-refractivity contribution in [1.29, 1.82) is 0 Å². The second-order valence-electron chi connectivity index (χ2n) is 3.68. The van der Waals surface area contributed by atoms with Crippen LogP contribution in [0.15, 0.2) is 34.9 Å². The fourth-order valence-electron chi connectivity index (χ4n) is 1.52. The van der Waals surface area contributed by atoms with E-state index in [1.165, 1.54) is 31.5 Å². The molecule has 0 saturated heterocycles. The van der Waals surface area contributed by atoms with Crippen LogP contribution in [0.25, 0.3) is 0 Å². The number of hydrogen-bond donors (Lipinski definition) is 1. The van der Waals surface area contributed by atoms with E-state index >= 15 is 0 Å². The zero-order chi connectivity index (χ0) is 14.7. The van der Waals surface area contributed by atoms with Gasteiger partial charge in [0.25, 0.3) is 5.88 Å². The van der Waals surface area contributed by atoms with Crippen LogP contribution in [-0.4, -0.2) is 23.2 Å². The van der Waals surface area contributed by atoms with E-state index in [0.717, 1.165) is 6.07 Å². The van der Waals surface area contributed by atoms with Crippen LogP contribution in [0.2, 0.25) is 0 Å². The van der Waals surface area contributed by atoms with E-state index in [2.05, 4.69) is 20.9 Å². The van der Waals surface area contributed by atoms with Gasteiger partial charge in [-0.25, -0.2) is 14.2 Å². The van der Waals surface area contributed by atoms with Crippen LogP contribution in [-0.2, 0) is 0 Å². The molecule has 0 radical (unpaired) electrons. The molecule has 0 spiro atoms. The first-order valence-electron chi connectivity index (χ1n) is 5.42. The molecule has 2 rings (SSSR count). The van der Waals surface area contributed by atoms with Crippen LogP contribution >= 0.6 is 15.9 Å². The number of aromatic carboxylic acids is 1. The third-order valence-electron chi connectivity index (χ3n) is 2.40. The molecule has 0 unspecified atom stereocenters. The lowest BCUT2D eigenvalue weighted by Gasteiger charge is -2.12. The Hall–Kier alpha value is -2.15. The molecule has 1 heterocycles. The Bertz CT molecular complexity index is 663. The van der Waals surface area contributed by atoms with E-state index in [0.29, 0.717) is 4.47 Å². The lowest BCUT2D eigenvalue weighted by Crippen LogP contribution is -2.03. The number of ether oxygens (including phenoxy) is 2. The van der Waals surface area contributed by atoms with E-state index < -0.39 is 11.8 Å². The predicted molar refractivity (Wildman–Crippen MR) is 71.9 cm³/mol. The molecule has 1 aromatic heterocycles. The minimum atomic E-state index is -1.21. The second kappa shape index (κ2) is 5.87. The number of carboxylic acid groups (broad SMARTS) is 1. The van der Waals surface area contributed by atoms with Gasteiger partial charge in [0.05, 0.1) is 7.11 Å². The average Bonchev–Trinajstić information content (AvgIpc) is 2.41. The molecule has 0 atom stereocenters. The normalized spacial score (nSPS) is 10.2. The Labute approximate surface area is 122 Å². The van der Waals surface area contributed by atoms with E-state index in [1.807, 2.05) is 0 Å². The van der Waals surface area contributed by atoms with Crippen molar-refractivity contribution < 1.29 is 23.8 Å². The third kappa shape index (κ3) is 2.88. The van der Waals surface area contributed by atoms with Gasteiger partial charge in [0.1, 0.15) is 5.56 Å². The highest BCUT2D eigenvalue weighted by atomic mass is 79.9. The van der Waals surface area contributed by atoms with Gasteiger partial charge in [0.2, 0.25) is 0 Å². The van der Waals surface area contributed by atoms with Crippen LogP contribution in [0.5, 0.6) is 17.4 Å². The number of benzene rings is 1. The highest BCUT2D eigenvalue weighted by Gasteiger charge is 2.19. The van der Waals surface area contributed by atoms with E-state index in [4.69, 9.17) is 14.6 Å². The van der Waals surface area contributed by atoms with Crippen LogP contribution in [0.4, 0.5) is 4.39 Å². The number of rotatable bonds is 4. The number of para-hydroxylation sites is 1. The summed E-state index contributed by atoms with van der Waals surface area (Å²) in [6.45, 7) is 0. The van der Waals surface area contributed by atoms with Crippen molar-refractivity contribution in [3.8, 4) is 17.4 Å². The van der Waals surface area contributed by atoms with Gasteiger partial charge in [0, 0.05) is 10.7 Å². The highest BCUT2D eigenvalue weighted by Crippen LogP contribution is 2.35. The first-order valence-corrected chi connectivity index (χ1v) is 6.21. The van der Waals surface area contributed by atoms with Gasteiger partial charge < -0.3 is 14.6 Å². The summed E-state index contributed by atoms with van der Waals surface area (Å²) in [4.78, 5) is 14.9. The standard InChI is InChI=1S/C13H9BrFNO4/c1-19-10-4-2-3-8(13(17)18)11(10)20-12-9(15)5-7(14)6-16-12/h2-6H,1H3,(H,17,18).